The van der Waals surface area contributed by atoms with Crippen molar-refractivity contribution in [2.75, 3.05) is 30.1 Å². The monoisotopic (exact) mass is 417 g/mol. The average molecular weight is 417 g/mol. The lowest BCUT2D eigenvalue weighted by Crippen LogP contribution is -2.32. The van der Waals surface area contributed by atoms with Crippen LogP contribution in [0.1, 0.15) is 22.3 Å². The lowest BCUT2D eigenvalue weighted by atomic mass is 10.2. The Hall–Kier alpha value is -2.87. The van der Waals surface area contributed by atoms with Crippen molar-refractivity contribution in [1.29, 1.82) is 0 Å². The van der Waals surface area contributed by atoms with Crippen LogP contribution in [0.25, 0.3) is 0 Å². The SMILES string of the molecule is Cc1cc(N2CCC(Oc3ccc(C=O)cc3)C2=O)ccc1OCCS(C)(=O)=O. The Morgan fingerprint density at radius 1 is 1.17 bits per heavy atom. The highest BCUT2D eigenvalue weighted by Gasteiger charge is 2.34. The minimum atomic E-state index is -3.08. The number of aldehydes is 1. The summed E-state index contributed by atoms with van der Waals surface area (Å²) in [6.45, 7) is 2.46. The van der Waals surface area contributed by atoms with E-state index in [9.17, 15) is 18.0 Å². The van der Waals surface area contributed by atoms with Crippen molar-refractivity contribution < 1.29 is 27.5 Å². The zero-order valence-electron chi connectivity index (χ0n) is 16.3. The largest absolute Gasteiger partial charge is 0.492 e. The predicted octanol–water partition coefficient (Wildman–Crippen LogP) is 2.42. The second kappa shape index (κ2) is 8.65. The van der Waals surface area contributed by atoms with Crippen molar-refractivity contribution in [3.63, 3.8) is 0 Å². The van der Waals surface area contributed by atoms with Crippen LogP contribution in [0.5, 0.6) is 11.5 Å². The Bertz CT molecular complexity index is 1000. The van der Waals surface area contributed by atoms with Crippen LogP contribution in [0.3, 0.4) is 0 Å². The van der Waals surface area contributed by atoms with E-state index in [1.54, 1.807) is 41.3 Å². The summed E-state index contributed by atoms with van der Waals surface area (Å²) in [4.78, 5) is 25.2. The highest BCUT2D eigenvalue weighted by molar-refractivity contribution is 7.90. The van der Waals surface area contributed by atoms with Crippen molar-refractivity contribution in [3.8, 4) is 11.5 Å². The number of rotatable bonds is 8. The van der Waals surface area contributed by atoms with Gasteiger partial charge in [-0.3, -0.25) is 9.59 Å². The number of carbonyl (C=O) groups is 2. The molecule has 0 aromatic heterocycles. The Morgan fingerprint density at radius 2 is 1.90 bits per heavy atom. The van der Waals surface area contributed by atoms with Gasteiger partial charge in [0, 0.05) is 30.5 Å². The molecule has 1 aliphatic heterocycles. The van der Waals surface area contributed by atoms with Crippen LogP contribution in [-0.2, 0) is 14.6 Å². The number of hydrogen-bond donors (Lipinski definition) is 0. The Balaban J connectivity index is 1.64. The summed E-state index contributed by atoms with van der Waals surface area (Å²) in [6.07, 6.45) is 1.90. The Kier molecular flexibility index (Phi) is 6.22. The second-order valence-electron chi connectivity index (χ2n) is 7.00. The molecule has 1 unspecified atom stereocenters. The molecule has 3 rings (SSSR count). The third-order valence-corrected chi connectivity index (χ3v) is 5.54. The first-order chi connectivity index (χ1) is 13.8. The summed E-state index contributed by atoms with van der Waals surface area (Å²) in [5.41, 5.74) is 2.11. The number of benzene rings is 2. The van der Waals surface area contributed by atoms with E-state index in [1.807, 2.05) is 13.0 Å². The minimum Gasteiger partial charge on any atom is -0.492 e. The molecule has 0 aliphatic carbocycles. The third-order valence-electron chi connectivity index (χ3n) is 4.63. The van der Waals surface area contributed by atoms with Crippen LogP contribution in [-0.4, -0.2) is 51.9 Å². The van der Waals surface area contributed by atoms with E-state index in [0.717, 1.165) is 17.5 Å². The first kappa shape index (κ1) is 20.9. The Morgan fingerprint density at radius 3 is 2.52 bits per heavy atom. The third kappa shape index (κ3) is 5.35. The molecule has 0 spiro atoms. The Labute approximate surface area is 170 Å². The molecule has 0 N–H and O–H groups in total. The number of sulfone groups is 1. The van der Waals surface area contributed by atoms with Crippen molar-refractivity contribution >= 4 is 27.7 Å². The van der Waals surface area contributed by atoms with Crippen LogP contribution in [0.4, 0.5) is 5.69 Å². The van der Waals surface area contributed by atoms with Crippen LogP contribution < -0.4 is 14.4 Å². The summed E-state index contributed by atoms with van der Waals surface area (Å²) in [6, 6.07) is 12.0. The molecule has 2 aromatic rings. The molecule has 0 saturated carbocycles. The van der Waals surface area contributed by atoms with Crippen molar-refractivity contribution in [2.45, 2.75) is 19.4 Å². The zero-order chi connectivity index (χ0) is 21.0. The summed E-state index contributed by atoms with van der Waals surface area (Å²) < 4.78 is 33.8. The van der Waals surface area contributed by atoms with Gasteiger partial charge in [-0.05, 0) is 55.0 Å². The van der Waals surface area contributed by atoms with Gasteiger partial charge >= 0.3 is 0 Å². The van der Waals surface area contributed by atoms with E-state index >= 15 is 0 Å². The molecule has 1 fully saturated rings. The number of ether oxygens (including phenoxy) is 2. The molecule has 29 heavy (non-hydrogen) atoms. The molecule has 0 radical (unpaired) electrons. The summed E-state index contributed by atoms with van der Waals surface area (Å²) >= 11 is 0. The standard InChI is InChI=1S/C21H23NO6S/c1-15-13-17(5-8-19(15)27-11-12-29(2,25)26)22-10-9-20(21(22)24)28-18-6-3-16(14-23)4-7-18/h3-8,13-14,20H,9-12H2,1-2H3. The van der Waals surface area contributed by atoms with Gasteiger partial charge in [0.1, 0.15) is 24.4 Å². The van der Waals surface area contributed by atoms with Crippen LogP contribution >= 0.6 is 0 Å². The number of amides is 1. The molecule has 1 amide bonds. The van der Waals surface area contributed by atoms with Gasteiger partial charge in [-0.25, -0.2) is 8.42 Å². The molecule has 8 heteroatoms. The van der Waals surface area contributed by atoms with Crippen molar-refractivity contribution in [2.24, 2.45) is 0 Å². The van der Waals surface area contributed by atoms with E-state index in [2.05, 4.69) is 0 Å². The fraction of sp³-hybridized carbons (Fsp3) is 0.333. The van der Waals surface area contributed by atoms with Crippen molar-refractivity contribution in [1.82, 2.24) is 0 Å². The highest BCUT2D eigenvalue weighted by atomic mass is 32.2. The van der Waals surface area contributed by atoms with Gasteiger partial charge in [0.05, 0.1) is 5.75 Å². The highest BCUT2D eigenvalue weighted by Crippen LogP contribution is 2.29. The van der Waals surface area contributed by atoms with Gasteiger partial charge in [-0.2, -0.15) is 0 Å². The maximum absolute atomic E-state index is 12.8. The summed E-state index contributed by atoms with van der Waals surface area (Å²) in [7, 11) is -3.08. The van der Waals surface area contributed by atoms with Gasteiger partial charge in [0.25, 0.3) is 5.91 Å². The van der Waals surface area contributed by atoms with Gasteiger partial charge < -0.3 is 14.4 Å². The molecule has 1 saturated heterocycles. The summed E-state index contributed by atoms with van der Waals surface area (Å²) in [5, 5.41) is 0. The molecule has 1 heterocycles. The molecule has 2 aromatic carbocycles. The molecule has 0 bridgehead atoms. The van der Waals surface area contributed by atoms with Gasteiger partial charge in [0.2, 0.25) is 0 Å². The number of carbonyl (C=O) groups excluding carboxylic acids is 2. The molecule has 7 nitrogen and oxygen atoms in total. The molecule has 154 valence electrons. The topological polar surface area (TPSA) is 90.0 Å². The van der Waals surface area contributed by atoms with Gasteiger partial charge in [-0.15, -0.1) is 0 Å². The minimum absolute atomic E-state index is 0.0500. The second-order valence-corrected chi connectivity index (χ2v) is 9.26. The normalized spacial score (nSPS) is 16.7. The molecular weight excluding hydrogens is 394 g/mol. The van der Waals surface area contributed by atoms with Crippen LogP contribution in [0.2, 0.25) is 0 Å². The van der Waals surface area contributed by atoms with E-state index < -0.39 is 15.9 Å². The maximum atomic E-state index is 12.8. The zero-order valence-corrected chi connectivity index (χ0v) is 17.1. The lowest BCUT2D eigenvalue weighted by Gasteiger charge is -2.19. The van der Waals surface area contributed by atoms with Gasteiger partial charge in [-0.1, -0.05) is 0 Å². The maximum Gasteiger partial charge on any atom is 0.268 e. The molecule has 1 atom stereocenters. The fourth-order valence-corrected chi connectivity index (χ4v) is 3.46. The first-order valence-corrected chi connectivity index (χ1v) is 11.3. The first-order valence-electron chi connectivity index (χ1n) is 9.21. The smallest absolute Gasteiger partial charge is 0.268 e. The summed E-state index contributed by atoms with van der Waals surface area (Å²) in [5.74, 6) is 0.953. The van der Waals surface area contributed by atoms with E-state index in [4.69, 9.17) is 9.47 Å². The molecular formula is C21H23NO6S. The predicted molar refractivity (Wildman–Crippen MR) is 110 cm³/mol. The average Bonchev–Trinajstić information content (AvgIpc) is 3.03. The number of aryl methyl sites for hydroxylation is 1. The molecule has 1 aliphatic rings. The fourth-order valence-electron chi connectivity index (χ4n) is 3.08. The van der Waals surface area contributed by atoms with Crippen molar-refractivity contribution in [3.05, 3.63) is 53.6 Å². The van der Waals surface area contributed by atoms with E-state index in [0.29, 0.717) is 30.0 Å². The number of nitrogens with zero attached hydrogens (tertiary/aromatic N) is 1. The quantitative estimate of drug-likeness (QED) is 0.613. The van der Waals surface area contributed by atoms with Crippen LogP contribution in [0, 0.1) is 6.92 Å². The number of hydrogen-bond acceptors (Lipinski definition) is 6. The van der Waals surface area contributed by atoms with E-state index in [-0.39, 0.29) is 18.3 Å². The van der Waals surface area contributed by atoms with E-state index in [1.165, 1.54) is 6.26 Å². The number of anilines is 1. The van der Waals surface area contributed by atoms with Gasteiger partial charge in [0.15, 0.2) is 15.9 Å². The van der Waals surface area contributed by atoms with Crippen LogP contribution in [0.15, 0.2) is 42.5 Å². The lowest BCUT2D eigenvalue weighted by molar-refractivity contribution is -0.122.